The van der Waals surface area contributed by atoms with Crippen LogP contribution in [0, 0.1) is 0 Å². The van der Waals surface area contributed by atoms with Crippen LogP contribution in [0.1, 0.15) is 40.3 Å². The van der Waals surface area contributed by atoms with Crippen LogP contribution >= 0.6 is 0 Å². The van der Waals surface area contributed by atoms with E-state index in [0.29, 0.717) is 41.4 Å². The van der Waals surface area contributed by atoms with Crippen molar-refractivity contribution in [2.45, 2.75) is 59.3 Å². The van der Waals surface area contributed by atoms with E-state index in [9.17, 15) is 25.2 Å². The van der Waals surface area contributed by atoms with E-state index >= 15 is 0 Å². The van der Waals surface area contributed by atoms with Crippen LogP contribution < -0.4 is 34.0 Å². The van der Waals surface area contributed by atoms with Gasteiger partial charge in [0.1, 0.15) is 17.1 Å². The zero-order chi connectivity index (χ0) is 47.6. The van der Waals surface area contributed by atoms with Crippen LogP contribution in [0.3, 0.4) is 0 Å². The average molecular weight is 1280 g/mol. The van der Waals surface area contributed by atoms with Crippen molar-refractivity contribution in [3.05, 3.63) is 149 Å². The first kappa shape index (κ1) is 51.9. The molecule has 0 fully saturated rings. The van der Waals surface area contributed by atoms with Crippen LogP contribution in [0.15, 0.2) is 115 Å². The quantitative estimate of drug-likeness (QED) is 0.0707. The largest absolute Gasteiger partial charge is 0.496 e. The molecule has 1 amide bonds. The Morgan fingerprint density at radius 2 is 1.04 bits per heavy atom. The molecule has 6 aromatic carbocycles. The van der Waals surface area contributed by atoms with Gasteiger partial charge in [-0.15, -0.1) is 0 Å². The minimum Gasteiger partial charge on any atom is -0.496 e. The fraction of sp³-hybridized carbons (Fsp3) is 0.232. The Balaban J connectivity index is 0.000000202. The monoisotopic (exact) mass is 1280 g/mol. The molecule has 6 N–H and O–H groups in total. The van der Waals surface area contributed by atoms with Crippen LogP contribution in [-0.2, 0) is 99.3 Å². The standard InChI is InChI=1S/C29H28N2O5.C27H26N2O3.2W/c1-17(34)30-29-24-12-21(16-33)20(15-32)11-19(24)13-26-25-14-23(18-7-5-4-6-8-18)28(36-3)27(35-2)22(25)9-10-31(26)29;1-28-27-24-11-21(16-31)20(15-30)10-19(24)12-25-22-14-23(17-6-4-3-5-7-17)26(32-2)13-18(22)8-9-29(25)27;;/h4-8,11-14,32-33H,9-10,15-16H2,1-3H3;3-7,10-14,30-31H,8-9,15-16H2,1-2H3;;/p+2. The topological polar surface area (TPSA) is 158 Å². The maximum Gasteiger partial charge on any atom is 0.304 e. The van der Waals surface area contributed by atoms with Gasteiger partial charge in [-0.25, -0.2) is 19.2 Å². The number of fused-ring (bicyclic) bond motifs is 8. The molecule has 14 heteroatoms. The minimum absolute atomic E-state index is 0. The van der Waals surface area contributed by atoms with Crippen molar-refractivity contribution in [3.8, 4) is 62.0 Å². The summed E-state index contributed by atoms with van der Waals surface area (Å²) in [6.07, 6.45) is 1.58. The minimum atomic E-state index is -0.201. The van der Waals surface area contributed by atoms with Crippen LogP contribution in [0.2, 0.25) is 0 Å². The number of carbonyl (C=O) groups excluding carboxylic acids is 1. The second-order valence-corrected chi connectivity index (χ2v) is 17.0. The average Bonchev–Trinajstić information content (AvgIpc) is 3.38. The van der Waals surface area contributed by atoms with E-state index in [1.807, 2.05) is 79.8 Å². The van der Waals surface area contributed by atoms with E-state index in [4.69, 9.17) is 14.2 Å². The van der Waals surface area contributed by atoms with Gasteiger partial charge in [-0.2, -0.15) is 0 Å². The number of benzene rings is 6. The molecule has 70 heavy (non-hydrogen) atoms. The Morgan fingerprint density at radius 3 is 1.56 bits per heavy atom. The van der Waals surface area contributed by atoms with E-state index in [0.717, 1.165) is 102 Å². The third-order valence-corrected chi connectivity index (χ3v) is 13.3. The number of hydrogen-bond acceptors (Lipinski definition) is 9. The second kappa shape index (κ2) is 22.4. The molecule has 0 spiro atoms. The SMILES string of the molecule is CNc1c2cc(CO)c(CO)cc2cc2[n+]1CCc1cc(OC)c(-c3ccccc3)cc1-2.COc1c(-c2ccccc2)cc2c(c1OC)CC[n+]1c-2cc2cc(CO)c(CO)cc2c1NC(C)=O.[W].[W]. The van der Waals surface area contributed by atoms with Crippen molar-refractivity contribution >= 4 is 39.1 Å². The summed E-state index contributed by atoms with van der Waals surface area (Å²) in [6.45, 7) is 2.36. The molecule has 10 rings (SSSR count). The Morgan fingerprint density at radius 1 is 0.557 bits per heavy atom. The number of ether oxygens (including phenoxy) is 3. The number of hydrogen-bond donors (Lipinski definition) is 6. The summed E-state index contributed by atoms with van der Waals surface area (Å²) in [5, 5.41) is 49.5. The fourth-order valence-corrected chi connectivity index (χ4v) is 10.1. The first-order chi connectivity index (χ1) is 33.2. The molecule has 0 bridgehead atoms. The van der Waals surface area contributed by atoms with E-state index in [1.165, 1.54) is 18.1 Å². The number of nitrogens with one attached hydrogen (secondary N) is 2. The number of anilines is 2. The molecule has 0 aliphatic carbocycles. The van der Waals surface area contributed by atoms with Crippen molar-refractivity contribution in [2.24, 2.45) is 0 Å². The third kappa shape index (κ3) is 9.49. The van der Waals surface area contributed by atoms with E-state index in [-0.39, 0.29) is 74.5 Å². The zero-order valence-corrected chi connectivity index (χ0v) is 45.6. The van der Waals surface area contributed by atoms with Gasteiger partial charge >= 0.3 is 5.91 Å². The summed E-state index contributed by atoms with van der Waals surface area (Å²) in [7, 11) is 6.96. The van der Waals surface area contributed by atoms with Gasteiger partial charge in [0.2, 0.25) is 0 Å². The molecule has 4 heterocycles. The Labute approximate surface area is 436 Å². The molecular weight excluding hydrogens is 1220 g/mol. The molecule has 2 aromatic heterocycles. The number of carbonyl (C=O) groups is 1. The van der Waals surface area contributed by atoms with Crippen LogP contribution in [0.4, 0.5) is 11.6 Å². The van der Waals surface area contributed by atoms with Crippen molar-refractivity contribution in [1.82, 2.24) is 0 Å². The molecule has 0 saturated heterocycles. The summed E-state index contributed by atoms with van der Waals surface area (Å²) >= 11 is 0. The zero-order valence-electron chi connectivity index (χ0n) is 39.8. The Hall–Kier alpha value is -5.97. The van der Waals surface area contributed by atoms with Gasteiger partial charge in [0, 0.05) is 89.7 Å². The fourth-order valence-electron chi connectivity index (χ4n) is 10.1. The Bertz CT molecular complexity index is 3240. The predicted octanol–water partition coefficient (Wildman–Crippen LogP) is 8.02. The summed E-state index contributed by atoms with van der Waals surface area (Å²) in [5.41, 5.74) is 13.4. The summed E-state index contributed by atoms with van der Waals surface area (Å²) in [6, 6.07) is 38.8. The number of aliphatic hydroxyl groups excluding tert-OH is 4. The van der Waals surface area contributed by atoms with Crippen molar-refractivity contribution in [2.75, 3.05) is 39.0 Å². The number of methoxy groups -OCH3 is 3. The van der Waals surface area contributed by atoms with Crippen LogP contribution in [-0.4, -0.2) is 54.7 Å². The van der Waals surface area contributed by atoms with E-state index < -0.39 is 0 Å². The number of nitrogens with zero attached hydrogens (tertiary/aromatic N) is 2. The van der Waals surface area contributed by atoms with Crippen LogP contribution in [0.25, 0.3) is 66.3 Å². The molecule has 12 nitrogen and oxygen atoms in total. The van der Waals surface area contributed by atoms with Crippen molar-refractivity contribution in [1.29, 1.82) is 0 Å². The molecule has 8 aromatic rings. The first-order valence-corrected chi connectivity index (χ1v) is 22.7. The van der Waals surface area contributed by atoms with Gasteiger partial charge in [0.15, 0.2) is 11.5 Å². The summed E-state index contributed by atoms with van der Waals surface area (Å²) < 4.78 is 21.9. The molecule has 0 unspecified atom stereocenters. The van der Waals surface area contributed by atoms with Gasteiger partial charge < -0.3 is 34.6 Å². The van der Waals surface area contributed by atoms with Crippen molar-refractivity contribution < 1.29 is 90.7 Å². The van der Waals surface area contributed by atoms with E-state index in [2.05, 4.69) is 62.2 Å². The normalized spacial score (nSPS) is 11.9. The molecule has 358 valence electrons. The number of amides is 1. The maximum atomic E-state index is 12.2. The number of aromatic nitrogens is 2. The molecule has 0 atom stereocenters. The number of pyridine rings is 2. The summed E-state index contributed by atoms with van der Waals surface area (Å²) in [4.78, 5) is 12.2. The Kier molecular flexibility index (Phi) is 16.6. The molecule has 2 aliphatic heterocycles. The number of aliphatic hydroxyl groups is 4. The van der Waals surface area contributed by atoms with Gasteiger partial charge in [-0.3, -0.25) is 5.32 Å². The van der Waals surface area contributed by atoms with Crippen molar-refractivity contribution in [3.63, 3.8) is 0 Å². The smallest absolute Gasteiger partial charge is 0.304 e. The molecule has 0 saturated carbocycles. The van der Waals surface area contributed by atoms with Crippen LogP contribution in [0.5, 0.6) is 17.2 Å². The first-order valence-electron chi connectivity index (χ1n) is 22.7. The maximum absolute atomic E-state index is 12.2. The number of aryl methyl sites for hydroxylation is 1. The van der Waals surface area contributed by atoms with Gasteiger partial charge in [-0.1, -0.05) is 60.7 Å². The van der Waals surface area contributed by atoms with E-state index in [1.54, 1.807) is 21.3 Å². The molecular formula is C56H56N4O8W2+2. The second-order valence-electron chi connectivity index (χ2n) is 17.0. The summed E-state index contributed by atoms with van der Waals surface area (Å²) in [5.74, 6) is 3.77. The number of rotatable bonds is 11. The van der Waals surface area contributed by atoms with Gasteiger partial charge in [0.05, 0.1) is 78.7 Å². The third-order valence-electron chi connectivity index (χ3n) is 13.3. The van der Waals surface area contributed by atoms with Gasteiger partial charge in [-0.05, 0) is 104 Å². The predicted molar refractivity (Wildman–Crippen MR) is 265 cm³/mol. The van der Waals surface area contributed by atoms with Gasteiger partial charge in [0.25, 0.3) is 11.6 Å². The molecule has 2 aliphatic rings. The molecule has 0 radical (unpaired) electrons.